The molecule has 1 saturated heterocycles. The maximum atomic E-state index is 5.66. The highest BCUT2D eigenvalue weighted by Gasteiger charge is 2.28. The molecule has 2 atom stereocenters. The van der Waals surface area contributed by atoms with Crippen molar-refractivity contribution in [1.82, 2.24) is 5.32 Å². The summed E-state index contributed by atoms with van der Waals surface area (Å²) in [5.74, 6) is 2.28. The monoisotopic (exact) mass is 196 g/mol. The van der Waals surface area contributed by atoms with E-state index in [1.807, 2.05) is 0 Å². The number of nitrogens with zero attached hydrogens (tertiary/aromatic N) is 1. The maximum Gasteiger partial charge on any atom is 0.188 e. The average molecular weight is 196 g/mol. The Morgan fingerprint density at radius 1 is 1.57 bits per heavy atom. The summed E-state index contributed by atoms with van der Waals surface area (Å²) in [4.78, 5) is 4.66. The second kappa shape index (κ2) is 4.30. The first-order chi connectivity index (χ1) is 6.75. The van der Waals surface area contributed by atoms with Gasteiger partial charge >= 0.3 is 0 Å². The minimum Gasteiger partial charge on any atom is -0.478 e. The van der Waals surface area contributed by atoms with Crippen LogP contribution in [0.3, 0.4) is 0 Å². The Hall–Kier alpha value is -0.570. The summed E-state index contributed by atoms with van der Waals surface area (Å²) in [6, 6.07) is 0.422. The molecular weight excluding hydrogens is 176 g/mol. The van der Waals surface area contributed by atoms with E-state index in [1.165, 1.54) is 6.42 Å². The standard InChI is InChI=1S/C11H20N2O/c1-8(2)5-10-7-14-11(13-10)9-3-4-12-6-9/h8-10,12H,3-7H2,1-2H3. The van der Waals surface area contributed by atoms with E-state index in [1.54, 1.807) is 0 Å². The van der Waals surface area contributed by atoms with Crippen molar-refractivity contribution in [2.24, 2.45) is 16.8 Å². The molecule has 3 nitrogen and oxygen atoms in total. The van der Waals surface area contributed by atoms with Gasteiger partial charge in [-0.15, -0.1) is 0 Å². The molecule has 1 fully saturated rings. The van der Waals surface area contributed by atoms with Crippen LogP contribution in [0.4, 0.5) is 0 Å². The summed E-state index contributed by atoms with van der Waals surface area (Å²) >= 11 is 0. The van der Waals surface area contributed by atoms with Crippen LogP contribution in [0.5, 0.6) is 0 Å². The van der Waals surface area contributed by atoms with E-state index in [2.05, 4.69) is 24.2 Å². The molecule has 0 spiro atoms. The number of hydrogen-bond donors (Lipinski definition) is 1. The Bertz CT molecular complexity index is 219. The van der Waals surface area contributed by atoms with Gasteiger partial charge in [-0.3, -0.25) is 0 Å². The van der Waals surface area contributed by atoms with Crippen LogP contribution in [0, 0.1) is 11.8 Å². The molecule has 2 rings (SSSR count). The third-order valence-corrected chi connectivity index (χ3v) is 2.89. The van der Waals surface area contributed by atoms with Crippen LogP contribution < -0.4 is 5.32 Å². The zero-order chi connectivity index (χ0) is 9.97. The summed E-state index contributed by atoms with van der Waals surface area (Å²) in [7, 11) is 0. The Morgan fingerprint density at radius 3 is 3.07 bits per heavy atom. The lowest BCUT2D eigenvalue weighted by atomic mass is 10.1. The minimum atomic E-state index is 0.422. The van der Waals surface area contributed by atoms with E-state index in [9.17, 15) is 0 Å². The Morgan fingerprint density at radius 2 is 2.43 bits per heavy atom. The summed E-state index contributed by atoms with van der Waals surface area (Å²) in [5, 5.41) is 3.34. The van der Waals surface area contributed by atoms with E-state index in [4.69, 9.17) is 4.74 Å². The van der Waals surface area contributed by atoms with E-state index in [0.29, 0.717) is 17.9 Å². The van der Waals surface area contributed by atoms with Gasteiger partial charge in [0.15, 0.2) is 5.90 Å². The molecule has 0 aliphatic carbocycles. The van der Waals surface area contributed by atoms with Crippen molar-refractivity contribution >= 4 is 5.90 Å². The lowest BCUT2D eigenvalue weighted by Gasteiger charge is -2.06. The molecule has 0 aromatic rings. The van der Waals surface area contributed by atoms with Crippen molar-refractivity contribution in [3.05, 3.63) is 0 Å². The van der Waals surface area contributed by atoms with Gasteiger partial charge in [0, 0.05) is 12.5 Å². The Labute approximate surface area is 85.9 Å². The fraction of sp³-hybridized carbons (Fsp3) is 0.909. The topological polar surface area (TPSA) is 33.6 Å². The Balaban J connectivity index is 1.88. The number of hydrogen-bond acceptors (Lipinski definition) is 3. The largest absolute Gasteiger partial charge is 0.478 e. The van der Waals surface area contributed by atoms with Crippen molar-refractivity contribution in [2.75, 3.05) is 19.7 Å². The zero-order valence-electron chi connectivity index (χ0n) is 9.12. The summed E-state index contributed by atoms with van der Waals surface area (Å²) < 4.78 is 5.66. The van der Waals surface area contributed by atoms with E-state index < -0.39 is 0 Å². The molecule has 2 heterocycles. The van der Waals surface area contributed by atoms with Crippen molar-refractivity contribution in [1.29, 1.82) is 0 Å². The number of rotatable bonds is 3. The first kappa shape index (κ1) is 9.97. The molecule has 14 heavy (non-hydrogen) atoms. The minimum absolute atomic E-state index is 0.422. The van der Waals surface area contributed by atoms with Gasteiger partial charge in [0.25, 0.3) is 0 Å². The highest BCUT2D eigenvalue weighted by atomic mass is 16.5. The van der Waals surface area contributed by atoms with E-state index in [0.717, 1.165) is 32.0 Å². The molecule has 3 heteroatoms. The zero-order valence-corrected chi connectivity index (χ0v) is 9.12. The van der Waals surface area contributed by atoms with Gasteiger partial charge in [0.2, 0.25) is 0 Å². The van der Waals surface area contributed by atoms with Gasteiger partial charge in [0.05, 0.1) is 6.04 Å². The lowest BCUT2D eigenvalue weighted by Crippen LogP contribution is -2.17. The molecule has 2 unspecified atom stereocenters. The maximum absolute atomic E-state index is 5.66. The second-order valence-corrected chi connectivity index (χ2v) is 4.75. The fourth-order valence-electron chi connectivity index (χ4n) is 2.19. The van der Waals surface area contributed by atoms with Crippen molar-refractivity contribution in [3.63, 3.8) is 0 Å². The molecular formula is C11H20N2O. The molecule has 0 aromatic heterocycles. The molecule has 0 saturated carbocycles. The first-order valence-corrected chi connectivity index (χ1v) is 5.67. The fourth-order valence-corrected chi connectivity index (χ4v) is 2.19. The summed E-state index contributed by atoms with van der Waals surface area (Å²) in [6.45, 7) is 7.45. The van der Waals surface area contributed by atoms with Crippen LogP contribution >= 0.6 is 0 Å². The van der Waals surface area contributed by atoms with Crippen molar-refractivity contribution in [3.8, 4) is 0 Å². The van der Waals surface area contributed by atoms with Crippen LogP contribution in [0.15, 0.2) is 4.99 Å². The predicted octanol–water partition coefficient (Wildman–Crippen LogP) is 1.44. The molecule has 80 valence electrons. The first-order valence-electron chi connectivity index (χ1n) is 5.67. The lowest BCUT2D eigenvalue weighted by molar-refractivity contribution is 0.286. The van der Waals surface area contributed by atoms with Gasteiger partial charge in [-0.25, -0.2) is 4.99 Å². The molecule has 0 radical (unpaired) electrons. The number of nitrogens with one attached hydrogen (secondary N) is 1. The quantitative estimate of drug-likeness (QED) is 0.741. The molecule has 2 aliphatic rings. The second-order valence-electron chi connectivity index (χ2n) is 4.75. The molecule has 0 aromatic carbocycles. The SMILES string of the molecule is CC(C)CC1COC(C2CCNC2)=N1. The molecule has 2 aliphatic heterocycles. The summed E-state index contributed by atoms with van der Waals surface area (Å²) in [6.07, 6.45) is 2.34. The van der Waals surface area contributed by atoms with Gasteiger partial charge in [0.1, 0.15) is 6.61 Å². The van der Waals surface area contributed by atoms with Crippen LogP contribution in [-0.4, -0.2) is 31.6 Å². The number of aliphatic imine (C=N–C) groups is 1. The van der Waals surface area contributed by atoms with Gasteiger partial charge in [-0.1, -0.05) is 13.8 Å². The number of ether oxygens (including phenoxy) is 1. The third-order valence-electron chi connectivity index (χ3n) is 2.89. The van der Waals surface area contributed by atoms with Gasteiger partial charge in [-0.05, 0) is 25.3 Å². The normalized spacial score (nSPS) is 32.1. The van der Waals surface area contributed by atoms with Crippen LogP contribution in [0.25, 0.3) is 0 Å². The van der Waals surface area contributed by atoms with Gasteiger partial charge < -0.3 is 10.1 Å². The highest BCUT2D eigenvalue weighted by molar-refractivity contribution is 5.80. The predicted molar refractivity (Wildman–Crippen MR) is 57.6 cm³/mol. The van der Waals surface area contributed by atoms with Gasteiger partial charge in [-0.2, -0.15) is 0 Å². The highest BCUT2D eigenvalue weighted by Crippen LogP contribution is 2.20. The average Bonchev–Trinajstić information content (AvgIpc) is 2.69. The van der Waals surface area contributed by atoms with Crippen molar-refractivity contribution in [2.45, 2.75) is 32.7 Å². The van der Waals surface area contributed by atoms with Crippen LogP contribution in [0.1, 0.15) is 26.7 Å². The van der Waals surface area contributed by atoms with Crippen LogP contribution in [-0.2, 0) is 4.74 Å². The Kier molecular flexibility index (Phi) is 3.06. The summed E-state index contributed by atoms with van der Waals surface area (Å²) in [5.41, 5.74) is 0. The molecule has 0 amide bonds. The smallest absolute Gasteiger partial charge is 0.188 e. The van der Waals surface area contributed by atoms with E-state index in [-0.39, 0.29) is 0 Å². The molecule has 1 N–H and O–H groups in total. The van der Waals surface area contributed by atoms with Crippen molar-refractivity contribution < 1.29 is 4.74 Å². The van der Waals surface area contributed by atoms with Crippen LogP contribution in [0.2, 0.25) is 0 Å². The molecule has 0 bridgehead atoms. The van der Waals surface area contributed by atoms with E-state index >= 15 is 0 Å². The third kappa shape index (κ3) is 2.27.